The molecule has 4 rings (SSSR count). The second kappa shape index (κ2) is 6.69. The number of aromatic nitrogens is 1. The predicted molar refractivity (Wildman–Crippen MR) is 105 cm³/mol. The van der Waals surface area contributed by atoms with Crippen LogP contribution in [0.3, 0.4) is 0 Å². The highest BCUT2D eigenvalue weighted by Gasteiger charge is 2.20. The van der Waals surface area contributed by atoms with Crippen LogP contribution in [-0.2, 0) is 7.05 Å². The Morgan fingerprint density at radius 2 is 1.48 bits per heavy atom. The number of hydrogen-bond donors (Lipinski definition) is 0. The first-order valence-electron chi connectivity index (χ1n) is 8.23. The minimum Gasteiger partial charge on any atom is -0.494 e. The van der Waals surface area contributed by atoms with E-state index in [2.05, 4.69) is 78.3 Å². The van der Waals surface area contributed by atoms with Crippen molar-refractivity contribution in [1.82, 2.24) is 4.57 Å². The molecule has 0 bridgehead atoms. The van der Waals surface area contributed by atoms with Crippen molar-refractivity contribution in [3.05, 3.63) is 78.9 Å². The molecule has 2 nitrogen and oxygen atoms in total. The molecule has 0 atom stereocenters. The number of nitrogens with zero attached hydrogens (tertiary/aromatic N) is 1. The van der Waals surface area contributed by atoms with Crippen LogP contribution in [0.25, 0.3) is 22.2 Å². The van der Waals surface area contributed by atoms with Crippen LogP contribution in [0.1, 0.15) is 0 Å². The first kappa shape index (κ1) is 15.9. The molecule has 0 aliphatic carbocycles. The maximum absolute atomic E-state index is 5.88. The van der Waals surface area contributed by atoms with Crippen molar-refractivity contribution in [2.24, 2.45) is 7.05 Å². The smallest absolute Gasteiger partial charge is 0.153 e. The molecule has 1 aromatic heterocycles. The van der Waals surface area contributed by atoms with E-state index < -0.39 is 0 Å². The molecule has 0 amide bonds. The van der Waals surface area contributed by atoms with Gasteiger partial charge in [0.1, 0.15) is 0 Å². The van der Waals surface area contributed by atoms with Gasteiger partial charge in [0, 0.05) is 22.4 Å². The Bertz CT molecular complexity index is 1010. The zero-order valence-electron chi connectivity index (χ0n) is 14.3. The van der Waals surface area contributed by atoms with Crippen LogP contribution in [0.2, 0.25) is 0 Å². The van der Waals surface area contributed by atoms with Crippen molar-refractivity contribution in [3.8, 4) is 17.0 Å². The molecule has 1 heterocycles. The number of ether oxygens (including phenoxy) is 1. The number of benzene rings is 3. The summed E-state index contributed by atoms with van der Waals surface area (Å²) in [5, 5.41) is 1.17. The molecule has 0 fully saturated rings. The second-order valence-electron chi connectivity index (χ2n) is 5.87. The van der Waals surface area contributed by atoms with Gasteiger partial charge in [-0.25, -0.2) is 0 Å². The Labute approximate surface area is 152 Å². The maximum atomic E-state index is 5.88. The lowest BCUT2D eigenvalue weighted by atomic mass is 10.1. The largest absolute Gasteiger partial charge is 0.494 e. The fraction of sp³-hybridized carbons (Fsp3) is 0.0909. The summed E-state index contributed by atoms with van der Waals surface area (Å²) in [6.07, 6.45) is 0. The maximum Gasteiger partial charge on any atom is 0.153 e. The SMILES string of the molecule is COc1c(-c2ccccc2)n(C)c2cccc(Sc3ccccc3)c12. The van der Waals surface area contributed by atoms with Crippen LogP contribution in [0.15, 0.2) is 88.7 Å². The Morgan fingerprint density at radius 1 is 0.800 bits per heavy atom. The van der Waals surface area contributed by atoms with Crippen LogP contribution >= 0.6 is 11.8 Å². The molecule has 3 aromatic carbocycles. The summed E-state index contributed by atoms with van der Waals surface area (Å²) < 4.78 is 8.10. The summed E-state index contributed by atoms with van der Waals surface area (Å²) in [6.45, 7) is 0. The standard InChI is InChI=1S/C22H19NOS/c1-23-18-14-9-15-19(25-17-12-7-4-8-13-17)20(18)22(24-2)21(23)16-10-5-3-6-11-16/h3-15H,1-2H3. The molecule has 124 valence electrons. The molecule has 0 aliphatic rings. The van der Waals surface area contributed by atoms with Crippen molar-refractivity contribution >= 4 is 22.7 Å². The van der Waals surface area contributed by atoms with Gasteiger partial charge in [0.25, 0.3) is 0 Å². The van der Waals surface area contributed by atoms with E-state index in [9.17, 15) is 0 Å². The average molecular weight is 345 g/mol. The molecular weight excluding hydrogens is 326 g/mol. The van der Waals surface area contributed by atoms with Crippen LogP contribution in [-0.4, -0.2) is 11.7 Å². The predicted octanol–water partition coefficient (Wildman–Crippen LogP) is 6.01. The van der Waals surface area contributed by atoms with Gasteiger partial charge in [0.15, 0.2) is 5.75 Å². The summed E-state index contributed by atoms with van der Waals surface area (Å²) in [4.78, 5) is 2.43. The fourth-order valence-electron chi connectivity index (χ4n) is 3.24. The lowest BCUT2D eigenvalue weighted by Crippen LogP contribution is -1.92. The normalized spacial score (nSPS) is 11.0. The zero-order chi connectivity index (χ0) is 17.2. The molecule has 0 radical (unpaired) electrons. The van der Waals surface area contributed by atoms with Crippen LogP contribution in [0, 0.1) is 0 Å². The summed E-state index contributed by atoms with van der Waals surface area (Å²) in [5.74, 6) is 0.933. The van der Waals surface area contributed by atoms with Crippen molar-refractivity contribution in [2.75, 3.05) is 7.11 Å². The number of hydrogen-bond acceptors (Lipinski definition) is 2. The molecule has 0 saturated carbocycles. The van der Waals surface area contributed by atoms with E-state index in [4.69, 9.17) is 4.74 Å². The van der Waals surface area contributed by atoms with E-state index in [1.165, 1.54) is 20.7 Å². The van der Waals surface area contributed by atoms with Gasteiger partial charge >= 0.3 is 0 Å². The topological polar surface area (TPSA) is 14.2 Å². The lowest BCUT2D eigenvalue weighted by Gasteiger charge is -2.07. The molecular formula is C22H19NOS. The summed E-state index contributed by atoms with van der Waals surface area (Å²) in [5.41, 5.74) is 3.45. The Morgan fingerprint density at radius 3 is 2.16 bits per heavy atom. The van der Waals surface area contributed by atoms with E-state index in [-0.39, 0.29) is 0 Å². The van der Waals surface area contributed by atoms with Crippen molar-refractivity contribution in [3.63, 3.8) is 0 Å². The third-order valence-electron chi connectivity index (χ3n) is 4.37. The summed E-state index contributed by atoms with van der Waals surface area (Å²) >= 11 is 1.77. The third-order valence-corrected chi connectivity index (χ3v) is 5.43. The molecule has 25 heavy (non-hydrogen) atoms. The molecule has 4 aromatic rings. The van der Waals surface area contributed by atoms with E-state index in [1.807, 2.05) is 12.1 Å². The highest BCUT2D eigenvalue weighted by molar-refractivity contribution is 7.99. The Balaban J connectivity index is 1.95. The van der Waals surface area contributed by atoms with Crippen molar-refractivity contribution in [1.29, 1.82) is 0 Å². The van der Waals surface area contributed by atoms with Crippen LogP contribution in [0.4, 0.5) is 0 Å². The molecule has 3 heteroatoms. The van der Waals surface area contributed by atoms with Gasteiger partial charge in [-0.3, -0.25) is 0 Å². The third kappa shape index (κ3) is 2.81. The fourth-order valence-corrected chi connectivity index (χ4v) is 4.23. The lowest BCUT2D eigenvalue weighted by molar-refractivity contribution is 0.420. The van der Waals surface area contributed by atoms with Gasteiger partial charge in [-0.05, 0) is 24.3 Å². The van der Waals surface area contributed by atoms with Gasteiger partial charge in [-0.2, -0.15) is 0 Å². The van der Waals surface area contributed by atoms with Crippen LogP contribution < -0.4 is 4.74 Å². The number of aryl methyl sites for hydroxylation is 1. The second-order valence-corrected chi connectivity index (χ2v) is 6.99. The van der Waals surface area contributed by atoms with E-state index >= 15 is 0 Å². The van der Waals surface area contributed by atoms with Gasteiger partial charge < -0.3 is 9.30 Å². The van der Waals surface area contributed by atoms with Crippen LogP contribution in [0.5, 0.6) is 5.75 Å². The molecule has 0 N–H and O–H groups in total. The summed E-state index contributed by atoms with van der Waals surface area (Å²) in [7, 11) is 3.86. The van der Waals surface area contributed by atoms with Crippen molar-refractivity contribution < 1.29 is 4.74 Å². The first-order chi connectivity index (χ1) is 12.3. The van der Waals surface area contributed by atoms with E-state index in [1.54, 1.807) is 18.9 Å². The Hall–Kier alpha value is -2.65. The minimum atomic E-state index is 0.933. The van der Waals surface area contributed by atoms with Crippen molar-refractivity contribution in [2.45, 2.75) is 9.79 Å². The van der Waals surface area contributed by atoms with E-state index in [0.29, 0.717) is 0 Å². The van der Waals surface area contributed by atoms with E-state index in [0.717, 1.165) is 17.0 Å². The number of rotatable bonds is 4. The highest BCUT2D eigenvalue weighted by Crippen LogP contribution is 2.44. The van der Waals surface area contributed by atoms with Gasteiger partial charge in [-0.15, -0.1) is 0 Å². The number of methoxy groups -OCH3 is 1. The quantitative estimate of drug-likeness (QED) is 0.450. The highest BCUT2D eigenvalue weighted by atomic mass is 32.2. The monoisotopic (exact) mass is 345 g/mol. The number of fused-ring (bicyclic) bond motifs is 1. The summed E-state index contributed by atoms with van der Waals surface area (Å²) in [6, 6.07) is 27.3. The average Bonchev–Trinajstić information content (AvgIpc) is 2.96. The molecule has 0 aliphatic heterocycles. The Kier molecular flexibility index (Phi) is 4.24. The molecule has 0 unspecified atom stereocenters. The first-order valence-corrected chi connectivity index (χ1v) is 9.05. The van der Waals surface area contributed by atoms with Gasteiger partial charge in [0.05, 0.1) is 23.7 Å². The molecule has 0 spiro atoms. The zero-order valence-corrected chi connectivity index (χ0v) is 15.1. The minimum absolute atomic E-state index is 0.933. The van der Waals surface area contributed by atoms with Gasteiger partial charge in [-0.1, -0.05) is 66.4 Å². The molecule has 0 saturated heterocycles. The van der Waals surface area contributed by atoms with Gasteiger partial charge in [0.2, 0.25) is 0 Å².